The summed E-state index contributed by atoms with van der Waals surface area (Å²) in [5.74, 6) is 2.37. The predicted octanol–water partition coefficient (Wildman–Crippen LogP) is 6.81. The summed E-state index contributed by atoms with van der Waals surface area (Å²) in [6.07, 6.45) is 10.8. The number of thiol groups is 1. The Balaban J connectivity index is 0.00000100. The van der Waals surface area contributed by atoms with Crippen LogP contribution in [-0.4, -0.2) is 134 Å². The molecule has 0 bridgehead atoms. The molecule has 1 N–H and O–H groups in total. The number of nitrogens with zero attached hydrogens (tertiary/aromatic N) is 9. The lowest BCUT2D eigenvalue weighted by molar-refractivity contribution is -0.133. The summed E-state index contributed by atoms with van der Waals surface area (Å²) in [6.45, 7) is 20.0. The van der Waals surface area contributed by atoms with E-state index >= 15 is 0 Å². The van der Waals surface area contributed by atoms with Crippen molar-refractivity contribution in [2.45, 2.75) is 85.4 Å². The van der Waals surface area contributed by atoms with E-state index in [2.05, 4.69) is 66.2 Å². The first-order chi connectivity index (χ1) is 27.4. The van der Waals surface area contributed by atoms with Gasteiger partial charge in [-0.15, -0.1) is 5.10 Å². The largest absolute Gasteiger partial charge is 0.513 e. The van der Waals surface area contributed by atoms with Crippen molar-refractivity contribution in [3.05, 3.63) is 78.2 Å². The second-order valence-corrected chi connectivity index (χ2v) is 16.2. The van der Waals surface area contributed by atoms with E-state index in [0.717, 1.165) is 107 Å². The highest BCUT2D eigenvalue weighted by atomic mass is 32.1. The Hall–Kier alpha value is -4.47. The maximum Gasteiger partial charge on any atom is 0.410 e. The first-order valence-corrected chi connectivity index (χ1v) is 20.9. The lowest BCUT2D eigenvalue weighted by Crippen LogP contribution is -2.49. The Kier molecular flexibility index (Phi) is 17.6. The Morgan fingerprint density at radius 1 is 0.948 bits per heavy atom. The van der Waals surface area contributed by atoms with E-state index in [1.165, 1.54) is 12.5 Å². The number of aromatic nitrogens is 4. The molecule has 3 saturated heterocycles. The van der Waals surface area contributed by atoms with E-state index in [1.54, 1.807) is 12.6 Å². The van der Waals surface area contributed by atoms with Gasteiger partial charge < -0.3 is 29.3 Å². The van der Waals surface area contributed by atoms with E-state index in [0.29, 0.717) is 31.4 Å². The van der Waals surface area contributed by atoms with Gasteiger partial charge in [0.1, 0.15) is 17.7 Å². The molecule has 3 aromatic rings. The number of allylic oxidation sites excluding steroid dienone is 1. The molecule has 14 nitrogen and oxygen atoms in total. The third-order valence-electron chi connectivity index (χ3n) is 10.5. The number of fused-ring (bicyclic) bond motifs is 1. The quantitative estimate of drug-likeness (QED) is 0.182. The van der Waals surface area contributed by atoms with Gasteiger partial charge in [-0.25, -0.2) is 14.8 Å². The fraction of sp³-hybridized carbons (Fsp3) is 0.581. The second-order valence-electron chi connectivity index (χ2n) is 16.2. The molecule has 2 aromatic heterocycles. The van der Waals surface area contributed by atoms with E-state index in [9.17, 15) is 9.59 Å². The fourth-order valence-electron chi connectivity index (χ4n) is 7.74. The summed E-state index contributed by atoms with van der Waals surface area (Å²) in [4.78, 5) is 45.2. The molecule has 0 aliphatic carbocycles. The van der Waals surface area contributed by atoms with Gasteiger partial charge in [0.15, 0.2) is 0 Å². The minimum atomic E-state index is -0.462. The van der Waals surface area contributed by atoms with Crippen LogP contribution in [0.15, 0.2) is 61.4 Å². The number of amides is 2. The van der Waals surface area contributed by atoms with E-state index < -0.39 is 5.60 Å². The van der Waals surface area contributed by atoms with Crippen molar-refractivity contribution in [3.8, 4) is 11.6 Å². The molecule has 0 spiro atoms. The van der Waals surface area contributed by atoms with Crippen LogP contribution in [0.5, 0.6) is 11.6 Å². The number of aliphatic hydroxyl groups excluding tert-OH is 1. The molecule has 4 aliphatic heterocycles. The number of piperidine rings is 2. The molecule has 15 heteroatoms. The maximum absolute atomic E-state index is 13.3. The third kappa shape index (κ3) is 13.8. The molecule has 6 heterocycles. The number of carbonyl (C=O) groups excluding carboxylic acids is 2. The third-order valence-corrected chi connectivity index (χ3v) is 10.5. The molecule has 1 aromatic carbocycles. The number of hydrogen-bond donors (Lipinski definition) is 2. The van der Waals surface area contributed by atoms with Gasteiger partial charge in [0.05, 0.1) is 29.9 Å². The van der Waals surface area contributed by atoms with Gasteiger partial charge in [-0.1, -0.05) is 26.1 Å². The normalized spacial score (nSPS) is 18.7. The number of anilines is 1. The summed E-state index contributed by atoms with van der Waals surface area (Å²) in [5.41, 5.74) is 3.85. The smallest absolute Gasteiger partial charge is 0.410 e. The minimum Gasteiger partial charge on any atom is -0.513 e. The van der Waals surface area contributed by atoms with Gasteiger partial charge in [0.2, 0.25) is 11.8 Å². The van der Waals surface area contributed by atoms with Crippen molar-refractivity contribution in [3.63, 3.8) is 0 Å². The highest BCUT2D eigenvalue weighted by molar-refractivity contribution is 7.79. The van der Waals surface area contributed by atoms with Crippen LogP contribution < -0.4 is 9.64 Å². The highest BCUT2D eigenvalue weighted by Gasteiger charge is 2.30. The van der Waals surface area contributed by atoms with Crippen LogP contribution in [0, 0.1) is 5.92 Å². The van der Waals surface area contributed by atoms with Crippen molar-refractivity contribution in [1.29, 1.82) is 0 Å². The van der Waals surface area contributed by atoms with E-state index in [4.69, 9.17) is 14.6 Å². The predicted molar refractivity (Wildman–Crippen MR) is 232 cm³/mol. The number of rotatable bonds is 8. The summed E-state index contributed by atoms with van der Waals surface area (Å²) in [6, 6.07) is 10.2. The molecule has 4 aliphatic rings. The molecular formula is C43H65N9O5S. The molecule has 7 rings (SSSR count). The minimum absolute atomic E-state index is 0. The number of aliphatic hydroxyl groups is 1. The summed E-state index contributed by atoms with van der Waals surface area (Å²) in [7, 11) is 0. The lowest BCUT2D eigenvalue weighted by atomic mass is 9.90. The van der Waals surface area contributed by atoms with Gasteiger partial charge >= 0.3 is 6.09 Å². The monoisotopic (exact) mass is 819 g/mol. The van der Waals surface area contributed by atoms with Crippen molar-refractivity contribution in [1.82, 2.24) is 39.8 Å². The lowest BCUT2D eigenvalue weighted by Gasteiger charge is -2.39. The first kappa shape index (κ1) is 46.2. The van der Waals surface area contributed by atoms with Gasteiger partial charge in [-0.2, -0.15) is 17.7 Å². The van der Waals surface area contributed by atoms with Crippen LogP contribution in [0.25, 0.3) is 0 Å². The SMILES string of the molecule is C.C=C(C)O.CC(C)(C)OC(=O)N1CCC(CN2CCN(c3cnnc(Oc4cccc(C5CCCN(C(=O)CN6Cc7cncnc7C6)C5)c4)c3)CC2)CC1.CS. The van der Waals surface area contributed by atoms with Gasteiger partial charge in [0, 0.05) is 95.7 Å². The van der Waals surface area contributed by atoms with E-state index in [-0.39, 0.29) is 31.1 Å². The molecule has 58 heavy (non-hydrogen) atoms. The molecule has 1 atom stereocenters. The van der Waals surface area contributed by atoms with Crippen LogP contribution in [-0.2, 0) is 22.6 Å². The molecular weight excluding hydrogens is 755 g/mol. The van der Waals surface area contributed by atoms with E-state index in [1.807, 2.05) is 61.2 Å². The number of benzene rings is 1. The first-order valence-electron chi connectivity index (χ1n) is 20.0. The Morgan fingerprint density at radius 2 is 1.67 bits per heavy atom. The van der Waals surface area contributed by atoms with Crippen molar-refractivity contribution < 1.29 is 24.2 Å². The van der Waals surface area contributed by atoms with Crippen molar-refractivity contribution in [2.75, 3.05) is 76.6 Å². The van der Waals surface area contributed by atoms with Gasteiger partial charge in [-0.05, 0) is 83.2 Å². The number of carbonyl (C=O) groups is 2. The number of ether oxygens (including phenoxy) is 2. The zero-order chi connectivity index (χ0) is 41.0. The number of likely N-dealkylation sites (tertiary alicyclic amines) is 2. The highest BCUT2D eigenvalue weighted by Crippen LogP contribution is 2.32. The summed E-state index contributed by atoms with van der Waals surface area (Å²) < 4.78 is 11.8. The van der Waals surface area contributed by atoms with Gasteiger partial charge in [0.25, 0.3) is 0 Å². The average molecular weight is 820 g/mol. The fourth-order valence-corrected chi connectivity index (χ4v) is 7.74. The Labute approximate surface area is 351 Å². The topological polar surface area (TPSA) is 141 Å². The standard InChI is InChI=1S/C38H51N9O4.C3H6O.CH4S.CH4/c1-38(2,3)51-37(49)46-12-9-28(10-13-46)22-43-14-16-45(17-15-43)32-19-35(42-41-21-32)50-33-8-4-6-29(18-33)30-7-5-11-47(24-30)36(48)26-44-23-31-20-39-27-40-34(31)25-44;1-3(2)4;1-2;/h4,6,8,18-21,27-28,30H,5,7,9-17,22-26H2,1-3H3;4H,1H2,2H3;2H,1H3;1H4. The van der Waals surface area contributed by atoms with Crippen molar-refractivity contribution in [2.24, 2.45) is 5.92 Å². The molecule has 1 unspecified atom stereocenters. The second kappa shape index (κ2) is 22.1. The van der Waals surface area contributed by atoms with Crippen LogP contribution in [0.3, 0.4) is 0 Å². The van der Waals surface area contributed by atoms with Crippen molar-refractivity contribution >= 4 is 30.3 Å². The zero-order valence-corrected chi connectivity index (χ0v) is 35.2. The molecule has 3 fully saturated rings. The summed E-state index contributed by atoms with van der Waals surface area (Å²) in [5, 5.41) is 16.4. The molecule has 2 amide bonds. The van der Waals surface area contributed by atoms with Crippen LogP contribution in [0.2, 0.25) is 0 Å². The molecule has 0 radical (unpaired) electrons. The van der Waals surface area contributed by atoms with Crippen LogP contribution >= 0.6 is 12.6 Å². The van der Waals surface area contributed by atoms with Crippen LogP contribution in [0.1, 0.15) is 83.5 Å². The molecule has 0 saturated carbocycles. The zero-order valence-electron chi connectivity index (χ0n) is 34.3. The Bertz CT molecular complexity index is 1750. The van der Waals surface area contributed by atoms with Gasteiger partial charge in [-0.3, -0.25) is 14.6 Å². The Morgan fingerprint density at radius 3 is 2.36 bits per heavy atom. The molecule has 318 valence electrons. The average Bonchev–Trinajstić information content (AvgIpc) is 3.61. The number of hydrogen-bond acceptors (Lipinski definition) is 13. The van der Waals surface area contributed by atoms with Crippen LogP contribution in [0.4, 0.5) is 10.5 Å². The summed E-state index contributed by atoms with van der Waals surface area (Å²) >= 11 is 3.53. The maximum atomic E-state index is 13.3. The number of piperazine rings is 1.